The maximum Gasteiger partial charge on any atom is 0.265 e. The number of aryl methyl sites for hydroxylation is 1. The van der Waals surface area contributed by atoms with Gasteiger partial charge in [-0.25, -0.2) is 8.42 Å². The number of halogens is 1. The third-order valence-corrected chi connectivity index (χ3v) is 8.94. The van der Waals surface area contributed by atoms with Crippen molar-refractivity contribution < 1.29 is 32.2 Å². The first-order chi connectivity index (χ1) is 21.1. The Kier molecular flexibility index (Phi) is 11.7. The molecule has 0 saturated carbocycles. The van der Waals surface area contributed by atoms with E-state index in [4.69, 9.17) is 25.8 Å². The number of nitrogens with one attached hydrogen (secondary N) is 1. The molecule has 0 heterocycles. The van der Waals surface area contributed by atoms with Crippen LogP contribution in [0, 0.1) is 6.92 Å². The molecule has 45 heavy (non-hydrogen) atoms. The van der Waals surface area contributed by atoms with Crippen molar-refractivity contribution >= 4 is 39.1 Å². The second kappa shape index (κ2) is 14.9. The van der Waals surface area contributed by atoms with Crippen molar-refractivity contribution in [3.8, 4) is 17.2 Å². The number of benzene rings is 3. The van der Waals surface area contributed by atoms with Crippen molar-refractivity contribution in [1.29, 1.82) is 0 Å². The molecule has 0 spiro atoms. The fourth-order valence-electron chi connectivity index (χ4n) is 4.86. The number of carbonyl (C=O) groups excluding carboxylic acids is 2. The van der Waals surface area contributed by atoms with E-state index in [1.54, 1.807) is 6.07 Å². The lowest BCUT2D eigenvalue weighted by Crippen LogP contribution is -2.55. The maximum absolute atomic E-state index is 14.4. The quantitative estimate of drug-likeness (QED) is 0.254. The van der Waals surface area contributed by atoms with Gasteiger partial charge in [-0.2, -0.15) is 0 Å². The van der Waals surface area contributed by atoms with Crippen molar-refractivity contribution in [3.05, 3.63) is 76.8 Å². The van der Waals surface area contributed by atoms with Gasteiger partial charge in [-0.15, -0.1) is 0 Å². The topological polar surface area (TPSA) is 114 Å². The molecule has 0 saturated heterocycles. The van der Waals surface area contributed by atoms with E-state index in [-0.39, 0.29) is 39.6 Å². The summed E-state index contributed by atoms with van der Waals surface area (Å²) in [6.07, 6.45) is 0.294. The minimum atomic E-state index is -4.44. The van der Waals surface area contributed by atoms with Crippen LogP contribution in [0.1, 0.15) is 45.2 Å². The average molecular weight is 660 g/mol. The standard InChI is InChI=1S/C33H42ClN3O7S/c1-9-26(32(39)35-33(3,4)5)36(20-23-12-10-11-22(2)17-23)31(38)21-37(27-18-24(34)13-15-28(27)42-6)45(40,41)25-14-16-29(43-7)30(19-25)44-8/h10-19,26H,9,20-21H2,1-8H3,(H,35,39). The lowest BCUT2D eigenvalue weighted by atomic mass is 10.0. The predicted octanol–water partition coefficient (Wildman–Crippen LogP) is 5.59. The van der Waals surface area contributed by atoms with E-state index in [1.165, 1.54) is 56.6 Å². The highest BCUT2D eigenvalue weighted by Crippen LogP contribution is 2.37. The minimum absolute atomic E-state index is 0.0517. The van der Waals surface area contributed by atoms with Gasteiger partial charge in [0.1, 0.15) is 18.3 Å². The van der Waals surface area contributed by atoms with Crippen LogP contribution in [0.15, 0.2) is 65.6 Å². The first-order valence-electron chi connectivity index (χ1n) is 14.4. The zero-order valence-corrected chi connectivity index (χ0v) is 28.6. The summed E-state index contributed by atoms with van der Waals surface area (Å²) in [4.78, 5) is 29.2. The van der Waals surface area contributed by atoms with E-state index in [0.717, 1.165) is 15.4 Å². The highest BCUT2D eigenvalue weighted by molar-refractivity contribution is 7.92. The smallest absolute Gasteiger partial charge is 0.265 e. The minimum Gasteiger partial charge on any atom is -0.495 e. The van der Waals surface area contributed by atoms with Crippen LogP contribution < -0.4 is 23.8 Å². The Hall–Kier alpha value is -3.96. The van der Waals surface area contributed by atoms with Crippen LogP contribution in [-0.2, 0) is 26.2 Å². The molecule has 3 aromatic carbocycles. The lowest BCUT2D eigenvalue weighted by Gasteiger charge is -2.35. The van der Waals surface area contributed by atoms with E-state index in [0.29, 0.717) is 12.2 Å². The van der Waals surface area contributed by atoms with Gasteiger partial charge >= 0.3 is 0 Å². The molecular formula is C33H42ClN3O7S. The van der Waals surface area contributed by atoms with Gasteiger partial charge in [0.2, 0.25) is 11.8 Å². The second-order valence-corrected chi connectivity index (χ2v) is 13.8. The van der Waals surface area contributed by atoms with Gasteiger partial charge in [0.25, 0.3) is 10.0 Å². The van der Waals surface area contributed by atoms with Crippen molar-refractivity contribution in [1.82, 2.24) is 10.2 Å². The molecule has 0 aliphatic carbocycles. The number of ether oxygens (including phenoxy) is 3. The Bertz CT molecular complexity index is 1620. The van der Waals surface area contributed by atoms with Gasteiger partial charge in [-0.1, -0.05) is 48.4 Å². The molecule has 1 atom stereocenters. The van der Waals surface area contributed by atoms with Gasteiger partial charge in [0, 0.05) is 23.2 Å². The van der Waals surface area contributed by atoms with E-state index < -0.39 is 34.1 Å². The van der Waals surface area contributed by atoms with Crippen LogP contribution in [0.4, 0.5) is 5.69 Å². The first-order valence-corrected chi connectivity index (χ1v) is 16.2. The molecule has 0 bridgehead atoms. The van der Waals surface area contributed by atoms with E-state index in [1.807, 2.05) is 58.9 Å². The average Bonchev–Trinajstić information content (AvgIpc) is 2.98. The molecule has 1 unspecified atom stereocenters. The zero-order valence-electron chi connectivity index (χ0n) is 27.0. The number of hydrogen-bond donors (Lipinski definition) is 1. The molecule has 0 radical (unpaired) electrons. The molecule has 0 aromatic heterocycles. The molecular weight excluding hydrogens is 618 g/mol. The zero-order chi connectivity index (χ0) is 33.5. The number of amides is 2. The largest absolute Gasteiger partial charge is 0.495 e. The highest BCUT2D eigenvalue weighted by atomic mass is 35.5. The fraction of sp³-hybridized carbons (Fsp3) is 0.394. The number of carbonyl (C=O) groups is 2. The fourth-order valence-corrected chi connectivity index (χ4v) is 6.45. The summed E-state index contributed by atoms with van der Waals surface area (Å²) >= 11 is 6.34. The summed E-state index contributed by atoms with van der Waals surface area (Å²) in [7, 11) is -0.211. The molecule has 244 valence electrons. The highest BCUT2D eigenvalue weighted by Gasteiger charge is 2.36. The molecule has 10 nitrogen and oxygen atoms in total. The normalized spacial score (nSPS) is 12.2. The number of rotatable bonds is 13. The molecule has 3 aromatic rings. The monoisotopic (exact) mass is 659 g/mol. The van der Waals surface area contributed by atoms with Crippen LogP contribution in [0.3, 0.4) is 0 Å². The van der Waals surface area contributed by atoms with Crippen molar-refractivity contribution in [2.45, 2.75) is 64.1 Å². The van der Waals surface area contributed by atoms with Gasteiger partial charge in [-0.05, 0) is 70.0 Å². The van der Waals surface area contributed by atoms with Crippen LogP contribution in [-0.4, -0.2) is 64.6 Å². The summed E-state index contributed by atoms with van der Waals surface area (Å²) in [6.45, 7) is 8.73. The summed E-state index contributed by atoms with van der Waals surface area (Å²) in [5.41, 5.74) is 1.27. The van der Waals surface area contributed by atoms with Gasteiger partial charge < -0.3 is 24.4 Å². The number of hydrogen-bond acceptors (Lipinski definition) is 7. The molecule has 12 heteroatoms. The Balaban J connectivity index is 2.19. The van der Waals surface area contributed by atoms with Crippen molar-refractivity contribution in [2.75, 3.05) is 32.2 Å². The van der Waals surface area contributed by atoms with Crippen molar-refractivity contribution in [3.63, 3.8) is 0 Å². The molecule has 0 fully saturated rings. The summed E-state index contributed by atoms with van der Waals surface area (Å²) < 4.78 is 45.9. The van der Waals surface area contributed by atoms with Gasteiger partial charge in [-0.3, -0.25) is 13.9 Å². The number of sulfonamides is 1. The van der Waals surface area contributed by atoms with Gasteiger partial charge in [0.05, 0.1) is 31.9 Å². The molecule has 3 rings (SSSR count). The summed E-state index contributed by atoms with van der Waals surface area (Å²) in [6, 6.07) is 15.3. The van der Waals surface area contributed by atoms with Crippen LogP contribution in [0.25, 0.3) is 0 Å². The SMILES string of the molecule is CCC(C(=O)NC(C)(C)C)N(Cc1cccc(C)c1)C(=O)CN(c1cc(Cl)ccc1OC)S(=O)(=O)c1ccc(OC)c(OC)c1. The molecule has 0 aliphatic heterocycles. The summed E-state index contributed by atoms with van der Waals surface area (Å²) in [5, 5.41) is 3.20. The number of anilines is 1. The van der Waals surface area contributed by atoms with Crippen LogP contribution >= 0.6 is 11.6 Å². The van der Waals surface area contributed by atoms with Gasteiger partial charge in [0.15, 0.2) is 11.5 Å². The lowest BCUT2D eigenvalue weighted by molar-refractivity contribution is -0.141. The number of methoxy groups -OCH3 is 3. The first kappa shape index (κ1) is 35.5. The van der Waals surface area contributed by atoms with E-state index in [2.05, 4.69) is 5.32 Å². The maximum atomic E-state index is 14.4. The van der Waals surface area contributed by atoms with Crippen LogP contribution in [0.5, 0.6) is 17.2 Å². The second-order valence-electron chi connectivity index (χ2n) is 11.5. The number of nitrogens with zero attached hydrogens (tertiary/aromatic N) is 2. The Morgan fingerprint density at radius 1 is 0.911 bits per heavy atom. The van der Waals surface area contributed by atoms with E-state index in [9.17, 15) is 18.0 Å². The third-order valence-electron chi connectivity index (χ3n) is 6.95. The molecule has 0 aliphatic rings. The summed E-state index contributed by atoms with van der Waals surface area (Å²) in [5.74, 6) is -0.244. The predicted molar refractivity (Wildman–Crippen MR) is 176 cm³/mol. The Morgan fingerprint density at radius 3 is 2.13 bits per heavy atom. The van der Waals surface area contributed by atoms with Crippen molar-refractivity contribution in [2.24, 2.45) is 0 Å². The van der Waals surface area contributed by atoms with Crippen LogP contribution in [0.2, 0.25) is 5.02 Å². The third kappa shape index (κ3) is 8.82. The molecule has 1 N–H and O–H groups in total. The Morgan fingerprint density at radius 2 is 1.56 bits per heavy atom. The molecule has 2 amide bonds. The Labute approximate surface area is 271 Å². The van der Waals surface area contributed by atoms with E-state index >= 15 is 0 Å².